The van der Waals surface area contributed by atoms with Gasteiger partial charge in [-0.2, -0.15) is 0 Å². The van der Waals surface area contributed by atoms with Gasteiger partial charge < -0.3 is 11.5 Å². The van der Waals surface area contributed by atoms with Gasteiger partial charge in [-0.15, -0.1) is 0 Å². The first-order chi connectivity index (χ1) is 10.2. The van der Waals surface area contributed by atoms with Crippen molar-refractivity contribution in [1.29, 1.82) is 0 Å². The zero-order valence-corrected chi connectivity index (χ0v) is 12.3. The number of nitrogen functional groups attached to an aromatic ring is 2. The number of benzene rings is 3. The number of anilines is 2. The van der Waals surface area contributed by atoms with Gasteiger partial charge >= 0.3 is 0 Å². The van der Waals surface area contributed by atoms with Crippen LogP contribution in [0.1, 0.15) is 0 Å². The molecule has 0 heterocycles. The van der Waals surface area contributed by atoms with Gasteiger partial charge in [0.05, 0.1) is 0 Å². The Bertz CT molecular complexity index is 737. The van der Waals surface area contributed by atoms with E-state index in [1.807, 2.05) is 54.6 Å². The molecule has 0 bridgehead atoms. The minimum atomic E-state index is 0.763. The molecule has 0 amide bonds. The van der Waals surface area contributed by atoms with Crippen LogP contribution in [0, 0.1) is 0 Å². The third-order valence-electron chi connectivity index (χ3n) is 3.20. The minimum absolute atomic E-state index is 0.763. The molecule has 0 atom stereocenters. The van der Waals surface area contributed by atoms with E-state index in [-0.39, 0.29) is 0 Å². The van der Waals surface area contributed by atoms with Gasteiger partial charge in [0.15, 0.2) is 0 Å². The van der Waals surface area contributed by atoms with E-state index in [2.05, 4.69) is 18.2 Å². The SMILES string of the molecule is Nc1ccc(-c2cc(N)ccc2Sc2ccccc2)cc1. The van der Waals surface area contributed by atoms with E-state index in [0.29, 0.717) is 0 Å². The summed E-state index contributed by atoms with van der Waals surface area (Å²) in [7, 11) is 0. The molecule has 2 nitrogen and oxygen atoms in total. The molecule has 4 N–H and O–H groups in total. The summed E-state index contributed by atoms with van der Waals surface area (Å²) in [6.07, 6.45) is 0. The Morgan fingerprint density at radius 2 is 1.33 bits per heavy atom. The molecular weight excluding hydrogens is 276 g/mol. The molecule has 21 heavy (non-hydrogen) atoms. The lowest BCUT2D eigenvalue weighted by atomic mass is 10.0. The van der Waals surface area contributed by atoms with E-state index in [0.717, 1.165) is 22.5 Å². The normalized spacial score (nSPS) is 10.5. The van der Waals surface area contributed by atoms with Gasteiger partial charge in [0.1, 0.15) is 0 Å². The molecule has 3 heteroatoms. The van der Waals surface area contributed by atoms with E-state index < -0.39 is 0 Å². The Hall–Kier alpha value is -2.39. The Kier molecular flexibility index (Phi) is 3.84. The highest BCUT2D eigenvalue weighted by Gasteiger charge is 2.07. The zero-order chi connectivity index (χ0) is 14.7. The van der Waals surface area contributed by atoms with Crippen LogP contribution in [0.4, 0.5) is 11.4 Å². The van der Waals surface area contributed by atoms with E-state index in [9.17, 15) is 0 Å². The van der Waals surface area contributed by atoms with Crippen LogP contribution in [-0.2, 0) is 0 Å². The molecule has 3 aromatic carbocycles. The second-order valence-electron chi connectivity index (χ2n) is 4.79. The molecular formula is C18H16N2S. The van der Waals surface area contributed by atoms with E-state index in [4.69, 9.17) is 11.5 Å². The standard InChI is InChI=1S/C18H16N2S/c19-14-8-6-13(7-9-14)17-12-15(20)10-11-18(17)21-16-4-2-1-3-5-16/h1-12H,19-20H2. The van der Waals surface area contributed by atoms with Gasteiger partial charge in [0.25, 0.3) is 0 Å². The van der Waals surface area contributed by atoms with Gasteiger partial charge in [-0.3, -0.25) is 0 Å². The number of hydrogen-bond donors (Lipinski definition) is 2. The largest absolute Gasteiger partial charge is 0.399 e. The van der Waals surface area contributed by atoms with Gasteiger partial charge in [-0.25, -0.2) is 0 Å². The highest BCUT2D eigenvalue weighted by Crippen LogP contribution is 2.37. The number of nitrogens with two attached hydrogens (primary N) is 2. The fourth-order valence-electron chi connectivity index (χ4n) is 2.14. The first-order valence-electron chi connectivity index (χ1n) is 6.71. The smallest absolute Gasteiger partial charge is 0.0321 e. The number of rotatable bonds is 3. The lowest BCUT2D eigenvalue weighted by Gasteiger charge is -2.11. The van der Waals surface area contributed by atoms with Crippen molar-refractivity contribution in [1.82, 2.24) is 0 Å². The van der Waals surface area contributed by atoms with Crippen molar-refractivity contribution < 1.29 is 0 Å². The van der Waals surface area contributed by atoms with Crippen LogP contribution in [0.2, 0.25) is 0 Å². The van der Waals surface area contributed by atoms with E-state index in [1.165, 1.54) is 9.79 Å². The summed E-state index contributed by atoms with van der Waals surface area (Å²) in [5, 5.41) is 0. The molecule has 0 aliphatic rings. The average molecular weight is 292 g/mol. The summed E-state index contributed by atoms with van der Waals surface area (Å²) in [6, 6.07) is 24.2. The Morgan fingerprint density at radius 3 is 2.05 bits per heavy atom. The van der Waals surface area contributed by atoms with Gasteiger partial charge in [-0.05, 0) is 53.6 Å². The molecule has 3 aromatic rings. The molecule has 0 saturated carbocycles. The van der Waals surface area contributed by atoms with Crippen LogP contribution in [-0.4, -0.2) is 0 Å². The van der Waals surface area contributed by atoms with Crippen LogP contribution < -0.4 is 11.5 Å². The Morgan fingerprint density at radius 1 is 0.667 bits per heavy atom. The highest BCUT2D eigenvalue weighted by molar-refractivity contribution is 7.99. The predicted octanol–water partition coefficient (Wildman–Crippen LogP) is 4.67. The zero-order valence-electron chi connectivity index (χ0n) is 11.5. The third kappa shape index (κ3) is 3.20. The first kappa shape index (κ1) is 13.6. The second kappa shape index (κ2) is 5.94. The van der Waals surface area contributed by atoms with Crippen molar-refractivity contribution in [2.45, 2.75) is 9.79 Å². The molecule has 0 unspecified atom stereocenters. The summed E-state index contributed by atoms with van der Waals surface area (Å²) in [4.78, 5) is 2.39. The van der Waals surface area contributed by atoms with Crippen molar-refractivity contribution in [2.75, 3.05) is 11.5 Å². The summed E-state index contributed by atoms with van der Waals surface area (Å²) >= 11 is 1.74. The summed E-state index contributed by atoms with van der Waals surface area (Å²) in [5.74, 6) is 0. The average Bonchev–Trinajstić information content (AvgIpc) is 2.51. The topological polar surface area (TPSA) is 52.0 Å². The van der Waals surface area contributed by atoms with Crippen LogP contribution in [0.15, 0.2) is 82.6 Å². The first-order valence-corrected chi connectivity index (χ1v) is 7.52. The van der Waals surface area contributed by atoms with E-state index >= 15 is 0 Å². The lowest BCUT2D eigenvalue weighted by molar-refractivity contribution is 1.40. The highest BCUT2D eigenvalue weighted by atomic mass is 32.2. The third-order valence-corrected chi connectivity index (χ3v) is 4.28. The van der Waals surface area contributed by atoms with Crippen LogP contribution in [0.25, 0.3) is 11.1 Å². The maximum Gasteiger partial charge on any atom is 0.0321 e. The Balaban J connectivity index is 2.03. The van der Waals surface area contributed by atoms with Crippen molar-refractivity contribution in [3.05, 3.63) is 72.8 Å². The monoisotopic (exact) mass is 292 g/mol. The van der Waals surface area contributed by atoms with Gasteiger partial charge in [0.2, 0.25) is 0 Å². The van der Waals surface area contributed by atoms with Crippen LogP contribution in [0.5, 0.6) is 0 Å². The van der Waals surface area contributed by atoms with Gasteiger partial charge in [-0.1, -0.05) is 42.1 Å². The minimum Gasteiger partial charge on any atom is -0.399 e. The van der Waals surface area contributed by atoms with Crippen molar-refractivity contribution >= 4 is 23.1 Å². The predicted molar refractivity (Wildman–Crippen MR) is 91.3 cm³/mol. The van der Waals surface area contributed by atoms with Gasteiger partial charge in [0, 0.05) is 21.2 Å². The summed E-state index contributed by atoms with van der Waals surface area (Å²) < 4.78 is 0. The van der Waals surface area contributed by atoms with Crippen molar-refractivity contribution in [3.8, 4) is 11.1 Å². The lowest BCUT2D eigenvalue weighted by Crippen LogP contribution is -1.89. The Labute approximate surface area is 128 Å². The van der Waals surface area contributed by atoms with E-state index in [1.54, 1.807) is 11.8 Å². The molecule has 0 fully saturated rings. The molecule has 0 saturated heterocycles. The maximum absolute atomic E-state index is 5.95. The number of hydrogen-bond acceptors (Lipinski definition) is 3. The second-order valence-corrected chi connectivity index (χ2v) is 5.91. The van der Waals surface area contributed by atoms with Crippen molar-refractivity contribution in [2.24, 2.45) is 0 Å². The quantitative estimate of drug-likeness (QED) is 0.690. The summed E-state index contributed by atoms with van der Waals surface area (Å²) in [5.41, 5.74) is 15.5. The fourth-order valence-corrected chi connectivity index (χ4v) is 3.11. The molecule has 0 aliphatic carbocycles. The molecule has 0 aromatic heterocycles. The van der Waals surface area contributed by atoms with Crippen molar-refractivity contribution in [3.63, 3.8) is 0 Å². The molecule has 0 aliphatic heterocycles. The molecule has 0 radical (unpaired) electrons. The molecule has 0 spiro atoms. The molecule has 3 rings (SSSR count). The van der Waals surface area contributed by atoms with Crippen LogP contribution >= 0.6 is 11.8 Å². The molecule has 104 valence electrons. The summed E-state index contributed by atoms with van der Waals surface area (Å²) in [6.45, 7) is 0. The fraction of sp³-hybridized carbons (Fsp3) is 0. The maximum atomic E-state index is 5.95. The van der Waals surface area contributed by atoms with Crippen LogP contribution in [0.3, 0.4) is 0 Å².